The Balaban J connectivity index is 2.57. The van der Waals surface area contributed by atoms with E-state index in [0.717, 1.165) is 21.0 Å². The quantitative estimate of drug-likeness (QED) is 0.509. The van der Waals surface area contributed by atoms with Crippen molar-refractivity contribution in [2.24, 2.45) is 0 Å². The minimum absolute atomic E-state index is 0.925. The van der Waals surface area contributed by atoms with Crippen molar-refractivity contribution in [2.75, 3.05) is 0 Å². The molecular formula is C12H6BrIO. The molecule has 0 amide bonds. The van der Waals surface area contributed by atoms with E-state index in [1.165, 1.54) is 8.96 Å². The molecule has 0 atom stereocenters. The fourth-order valence-electron chi connectivity index (χ4n) is 1.74. The molecule has 0 radical (unpaired) electrons. The van der Waals surface area contributed by atoms with Gasteiger partial charge >= 0.3 is 0 Å². The monoisotopic (exact) mass is 372 g/mol. The van der Waals surface area contributed by atoms with E-state index in [1.807, 2.05) is 12.1 Å². The molecule has 1 heterocycles. The number of fused-ring (bicyclic) bond motifs is 3. The summed E-state index contributed by atoms with van der Waals surface area (Å²) in [4.78, 5) is 0. The zero-order valence-electron chi connectivity index (χ0n) is 7.63. The lowest BCUT2D eigenvalue weighted by Crippen LogP contribution is -1.69. The molecule has 1 nitrogen and oxygen atoms in total. The molecule has 0 spiro atoms. The molecule has 0 aliphatic heterocycles. The zero-order valence-corrected chi connectivity index (χ0v) is 11.4. The average molecular weight is 373 g/mol. The number of benzene rings is 2. The molecule has 0 saturated heterocycles. The minimum atomic E-state index is 0.925. The fourth-order valence-corrected chi connectivity index (χ4v) is 2.65. The molecule has 0 aliphatic carbocycles. The van der Waals surface area contributed by atoms with Gasteiger partial charge in [-0.15, -0.1) is 0 Å². The molecule has 15 heavy (non-hydrogen) atoms. The van der Waals surface area contributed by atoms with Crippen LogP contribution in [0.1, 0.15) is 0 Å². The lowest BCUT2D eigenvalue weighted by atomic mass is 10.2. The smallest absolute Gasteiger partial charge is 0.149 e. The molecule has 3 aromatic rings. The van der Waals surface area contributed by atoms with Gasteiger partial charge < -0.3 is 4.42 Å². The van der Waals surface area contributed by atoms with Crippen molar-refractivity contribution in [3.8, 4) is 0 Å². The highest BCUT2D eigenvalue weighted by Crippen LogP contribution is 2.33. The lowest BCUT2D eigenvalue weighted by molar-refractivity contribution is 0.666. The van der Waals surface area contributed by atoms with Crippen molar-refractivity contribution >= 4 is 60.5 Å². The van der Waals surface area contributed by atoms with E-state index in [-0.39, 0.29) is 0 Å². The highest BCUT2D eigenvalue weighted by atomic mass is 127. The van der Waals surface area contributed by atoms with Crippen LogP contribution < -0.4 is 0 Å². The van der Waals surface area contributed by atoms with Crippen LogP contribution in [0.25, 0.3) is 21.9 Å². The van der Waals surface area contributed by atoms with Gasteiger partial charge in [-0.25, -0.2) is 0 Å². The number of hydrogen-bond donors (Lipinski definition) is 0. The van der Waals surface area contributed by atoms with Gasteiger partial charge in [-0.2, -0.15) is 0 Å². The summed E-state index contributed by atoms with van der Waals surface area (Å²) in [5.74, 6) is 0. The van der Waals surface area contributed by atoms with Crippen LogP contribution in [0.5, 0.6) is 0 Å². The van der Waals surface area contributed by atoms with Gasteiger partial charge in [-0.3, -0.25) is 0 Å². The molecule has 0 N–H and O–H groups in total. The van der Waals surface area contributed by atoms with Gasteiger partial charge in [-0.1, -0.05) is 12.1 Å². The van der Waals surface area contributed by atoms with Gasteiger partial charge in [0.1, 0.15) is 11.2 Å². The summed E-state index contributed by atoms with van der Waals surface area (Å²) in [5.41, 5.74) is 1.87. The summed E-state index contributed by atoms with van der Waals surface area (Å²) in [6.07, 6.45) is 0. The first-order valence-corrected chi connectivity index (χ1v) is 6.39. The van der Waals surface area contributed by atoms with Crippen LogP contribution in [0.3, 0.4) is 0 Å². The number of hydrogen-bond acceptors (Lipinski definition) is 1. The van der Waals surface area contributed by atoms with E-state index in [9.17, 15) is 0 Å². The van der Waals surface area contributed by atoms with Crippen LogP contribution in [0.4, 0.5) is 0 Å². The predicted molar refractivity (Wildman–Crippen MR) is 74.1 cm³/mol. The SMILES string of the molecule is Brc1cccc2c1oc1cc(I)ccc12. The maximum atomic E-state index is 5.81. The van der Waals surface area contributed by atoms with Crippen LogP contribution >= 0.6 is 38.5 Å². The number of para-hydroxylation sites is 1. The third kappa shape index (κ3) is 1.49. The van der Waals surface area contributed by atoms with Crippen molar-refractivity contribution in [3.63, 3.8) is 0 Å². The highest BCUT2D eigenvalue weighted by Gasteiger charge is 2.08. The van der Waals surface area contributed by atoms with Crippen molar-refractivity contribution in [2.45, 2.75) is 0 Å². The first-order chi connectivity index (χ1) is 7.25. The van der Waals surface area contributed by atoms with E-state index in [4.69, 9.17) is 4.42 Å². The van der Waals surface area contributed by atoms with E-state index in [0.29, 0.717) is 0 Å². The largest absolute Gasteiger partial charge is 0.455 e. The summed E-state index contributed by atoms with van der Waals surface area (Å²) < 4.78 is 8.01. The van der Waals surface area contributed by atoms with Crippen LogP contribution in [-0.2, 0) is 0 Å². The molecule has 3 rings (SSSR count). The zero-order chi connectivity index (χ0) is 10.4. The second-order valence-electron chi connectivity index (χ2n) is 3.36. The van der Waals surface area contributed by atoms with Gasteiger partial charge in [0.05, 0.1) is 4.47 Å². The van der Waals surface area contributed by atoms with Gasteiger partial charge in [0, 0.05) is 14.3 Å². The summed E-state index contributed by atoms with van der Waals surface area (Å²) in [6.45, 7) is 0. The Kier molecular flexibility index (Phi) is 2.25. The Morgan fingerprint density at radius 1 is 1.07 bits per heavy atom. The van der Waals surface area contributed by atoms with Crippen LogP contribution in [-0.4, -0.2) is 0 Å². The van der Waals surface area contributed by atoms with Crippen molar-refractivity contribution in [1.82, 2.24) is 0 Å². The summed E-state index contributed by atoms with van der Waals surface area (Å²) in [7, 11) is 0. The van der Waals surface area contributed by atoms with Gasteiger partial charge in [-0.05, 0) is 62.8 Å². The van der Waals surface area contributed by atoms with Gasteiger partial charge in [0.15, 0.2) is 0 Å². The summed E-state index contributed by atoms with van der Waals surface area (Å²) in [6, 6.07) is 12.4. The normalized spacial score (nSPS) is 11.3. The van der Waals surface area contributed by atoms with Crippen LogP contribution in [0.2, 0.25) is 0 Å². The Bertz CT molecular complexity index is 657. The third-order valence-corrected chi connectivity index (χ3v) is 3.71. The molecule has 74 valence electrons. The van der Waals surface area contributed by atoms with Crippen LogP contribution in [0, 0.1) is 3.57 Å². The second kappa shape index (κ2) is 3.49. The summed E-state index contributed by atoms with van der Waals surface area (Å²) in [5, 5.41) is 2.34. The van der Waals surface area contributed by atoms with Crippen molar-refractivity contribution < 1.29 is 4.42 Å². The third-order valence-electron chi connectivity index (χ3n) is 2.41. The molecule has 0 fully saturated rings. The molecule has 3 heteroatoms. The molecule has 2 aromatic carbocycles. The van der Waals surface area contributed by atoms with E-state index >= 15 is 0 Å². The lowest BCUT2D eigenvalue weighted by Gasteiger charge is -1.90. The number of furan rings is 1. The molecule has 0 saturated carbocycles. The topological polar surface area (TPSA) is 13.1 Å². The van der Waals surface area contributed by atoms with E-state index < -0.39 is 0 Å². The average Bonchev–Trinajstić information content (AvgIpc) is 2.57. The maximum Gasteiger partial charge on any atom is 0.149 e. The summed E-state index contributed by atoms with van der Waals surface area (Å²) >= 11 is 5.79. The Morgan fingerprint density at radius 2 is 1.93 bits per heavy atom. The van der Waals surface area contributed by atoms with E-state index in [1.54, 1.807) is 0 Å². The predicted octanol–water partition coefficient (Wildman–Crippen LogP) is 4.95. The Hall–Kier alpha value is -0.550. The minimum Gasteiger partial charge on any atom is -0.455 e. The first kappa shape index (κ1) is 9.66. The first-order valence-electron chi connectivity index (χ1n) is 4.52. The van der Waals surface area contributed by atoms with Gasteiger partial charge in [0.2, 0.25) is 0 Å². The molecular weight excluding hydrogens is 367 g/mol. The highest BCUT2D eigenvalue weighted by molar-refractivity contribution is 14.1. The Morgan fingerprint density at radius 3 is 2.80 bits per heavy atom. The second-order valence-corrected chi connectivity index (χ2v) is 5.46. The molecule has 0 bridgehead atoms. The van der Waals surface area contributed by atoms with Crippen LogP contribution in [0.15, 0.2) is 45.3 Å². The maximum absolute atomic E-state index is 5.81. The fraction of sp³-hybridized carbons (Fsp3) is 0. The van der Waals surface area contributed by atoms with Gasteiger partial charge in [0.25, 0.3) is 0 Å². The molecule has 1 aromatic heterocycles. The van der Waals surface area contributed by atoms with E-state index in [2.05, 4.69) is 62.8 Å². The number of rotatable bonds is 0. The Labute approximate surface area is 109 Å². The van der Waals surface area contributed by atoms with Crippen molar-refractivity contribution in [1.29, 1.82) is 0 Å². The number of halogens is 2. The molecule has 0 aliphatic rings. The van der Waals surface area contributed by atoms with Crippen molar-refractivity contribution in [3.05, 3.63) is 44.4 Å². The molecule has 0 unspecified atom stereocenters. The standard InChI is InChI=1S/C12H6BrIO/c13-10-3-1-2-9-8-5-4-7(14)6-11(8)15-12(9)10/h1-6H.